The van der Waals surface area contributed by atoms with E-state index in [0.29, 0.717) is 4.31 Å². The molecule has 0 heterocycles. The molecule has 24 heavy (non-hydrogen) atoms. The van der Waals surface area contributed by atoms with Gasteiger partial charge in [0.05, 0.1) is 17.1 Å². The molecule has 1 aromatic rings. The van der Waals surface area contributed by atoms with Crippen molar-refractivity contribution >= 4 is 21.7 Å². The number of carboxylic acids is 1. The predicted molar refractivity (Wildman–Crippen MR) is 85.2 cm³/mol. The van der Waals surface area contributed by atoms with E-state index in [-0.39, 0.29) is 0 Å². The number of nitro benzene ring substituents is 1. The van der Waals surface area contributed by atoms with Gasteiger partial charge in [0, 0.05) is 13.1 Å². The monoisotopic (exact) mass is 360 g/mol. The molecule has 9 nitrogen and oxygen atoms in total. The Morgan fingerprint density at radius 1 is 1.38 bits per heavy atom. The number of ether oxygens (including phenoxy) is 1. The first-order valence-corrected chi connectivity index (χ1v) is 8.40. The molecule has 134 valence electrons. The van der Waals surface area contributed by atoms with E-state index in [1.165, 1.54) is 12.1 Å². The summed E-state index contributed by atoms with van der Waals surface area (Å²) in [5, 5.41) is 20.3. The van der Waals surface area contributed by atoms with Gasteiger partial charge < -0.3 is 9.84 Å². The summed E-state index contributed by atoms with van der Waals surface area (Å²) in [4.78, 5) is 21.1. The second kappa shape index (κ2) is 7.24. The molecule has 1 atom stereocenters. The number of nitrogens with zero attached hydrogens (tertiary/aromatic N) is 2. The molecular formula is C14H20N2O7S. The highest BCUT2D eigenvalue weighted by molar-refractivity contribution is 7.89. The molecule has 0 aliphatic carbocycles. The van der Waals surface area contributed by atoms with Crippen LogP contribution in [0, 0.1) is 10.1 Å². The first-order chi connectivity index (χ1) is 10.9. The van der Waals surface area contributed by atoms with E-state index in [1.807, 2.05) is 0 Å². The van der Waals surface area contributed by atoms with Gasteiger partial charge in [-0.15, -0.1) is 0 Å². The van der Waals surface area contributed by atoms with Gasteiger partial charge >= 0.3 is 5.97 Å². The summed E-state index contributed by atoms with van der Waals surface area (Å²) in [5.74, 6) is -1.41. The molecule has 0 bridgehead atoms. The third-order valence-electron chi connectivity index (χ3n) is 3.12. The van der Waals surface area contributed by atoms with Gasteiger partial charge in [0.25, 0.3) is 15.7 Å². The van der Waals surface area contributed by atoms with E-state index in [4.69, 9.17) is 4.74 Å². The molecule has 10 heteroatoms. The van der Waals surface area contributed by atoms with Gasteiger partial charge in [-0.2, -0.15) is 4.31 Å². The number of para-hydroxylation sites is 1. The van der Waals surface area contributed by atoms with E-state index in [1.54, 1.807) is 20.8 Å². The number of carboxylic acid groups (broad SMARTS) is 1. The molecular weight excluding hydrogens is 340 g/mol. The number of hydrogen-bond donors (Lipinski definition) is 1. The number of likely N-dealkylation sites (N-methyl/N-ethyl adjacent to an activating group) is 1. The number of hydrogen-bond acceptors (Lipinski definition) is 6. The normalized spacial score (nSPS) is 13.7. The topological polar surface area (TPSA) is 127 Å². The van der Waals surface area contributed by atoms with Crippen molar-refractivity contribution in [1.82, 2.24) is 4.31 Å². The van der Waals surface area contributed by atoms with Gasteiger partial charge in [0.15, 0.2) is 4.90 Å². The Morgan fingerprint density at radius 2 is 1.92 bits per heavy atom. The number of aliphatic carboxylic acids is 1. The Labute approximate surface area is 140 Å². The fourth-order valence-electron chi connectivity index (χ4n) is 1.81. The first-order valence-electron chi connectivity index (χ1n) is 6.96. The maximum Gasteiger partial charge on any atom is 0.324 e. The van der Waals surface area contributed by atoms with Crippen molar-refractivity contribution < 1.29 is 28.0 Å². The summed E-state index contributed by atoms with van der Waals surface area (Å²) in [5.41, 5.74) is -1.29. The van der Waals surface area contributed by atoms with Crippen LogP contribution in [0.5, 0.6) is 0 Å². The number of sulfonamides is 1. The molecule has 0 aromatic heterocycles. The number of carbonyl (C=O) groups is 1. The standard InChI is InChI=1S/C14H20N2O7S/c1-14(2,3)23-9-11(13(17)18)15(4)24(21,22)12-8-6-5-7-10(12)16(19)20/h5-8,11H,9H2,1-4H3,(H,17,18). The zero-order valence-electron chi connectivity index (χ0n) is 13.8. The molecule has 1 rings (SSSR count). The Hall–Kier alpha value is -2.04. The zero-order chi connectivity index (χ0) is 18.7. The van der Waals surface area contributed by atoms with Crippen LogP contribution in [0.15, 0.2) is 29.2 Å². The van der Waals surface area contributed by atoms with E-state index in [2.05, 4.69) is 0 Å². The van der Waals surface area contributed by atoms with Crippen LogP contribution in [-0.4, -0.2) is 54.0 Å². The Bertz CT molecular complexity index is 725. The fourth-order valence-corrected chi connectivity index (χ4v) is 3.26. The number of rotatable bonds is 7. The highest BCUT2D eigenvalue weighted by Crippen LogP contribution is 2.27. The van der Waals surface area contributed by atoms with Crippen molar-refractivity contribution in [2.45, 2.75) is 37.3 Å². The summed E-state index contributed by atoms with van der Waals surface area (Å²) >= 11 is 0. The van der Waals surface area contributed by atoms with Crippen molar-refractivity contribution in [3.05, 3.63) is 34.4 Å². The summed E-state index contributed by atoms with van der Waals surface area (Å²) in [6, 6.07) is 3.24. The van der Waals surface area contributed by atoms with Crippen molar-refractivity contribution in [2.24, 2.45) is 0 Å². The van der Waals surface area contributed by atoms with Gasteiger partial charge in [-0.05, 0) is 26.8 Å². The molecule has 0 fully saturated rings. The van der Waals surface area contributed by atoms with Gasteiger partial charge in [0.1, 0.15) is 6.04 Å². The average molecular weight is 360 g/mol. The molecule has 0 saturated heterocycles. The van der Waals surface area contributed by atoms with E-state index in [0.717, 1.165) is 19.2 Å². The highest BCUT2D eigenvalue weighted by Gasteiger charge is 2.37. The fraction of sp³-hybridized carbons (Fsp3) is 0.500. The SMILES string of the molecule is CN(C(COC(C)(C)C)C(=O)O)S(=O)(=O)c1ccccc1[N+](=O)[O-]. The van der Waals surface area contributed by atoms with Crippen molar-refractivity contribution in [3.8, 4) is 0 Å². The number of nitro groups is 1. The minimum absolute atomic E-state index is 0.394. The van der Waals surface area contributed by atoms with Crippen LogP contribution in [0.4, 0.5) is 5.69 Å². The summed E-state index contributed by atoms with van der Waals surface area (Å²) in [6.07, 6.45) is 0. The molecule has 1 aromatic carbocycles. The lowest BCUT2D eigenvalue weighted by atomic mass is 10.2. The summed E-state index contributed by atoms with van der Waals surface area (Å²) in [6.45, 7) is 4.70. The van der Waals surface area contributed by atoms with Gasteiger partial charge in [0.2, 0.25) is 0 Å². The summed E-state index contributed by atoms with van der Waals surface area (Å²) < 4.78 is 31.2. The maximum atomic E-state index is 12.6. The molecule has 1 unspecified atom stereocenters. The number of benzene rings is 1. The van der Waals surface area contributed by atoms with Crippen molar-refractivity contribution in [3.63, 3.8) is 0 Å². The molecule has 0 spiro atoms. The smallest absolute Gasteiger partial charge is 0.324 e. The van der Waals surface area contributed by atoms with Crippen LogP contribution < -0.4 is 0 Å². The molecule has 0 amide bonds. The highest BCUT2D eigenvalue weighted by atomic mass is 32.2. The largest absolute Gasteiger partial charge is 0.480 e. The summed E-state index contributed by atoms with van der Waals surface area (Å²) in [7, 11) is -3.34. The minimum Gasteiger partial charge on any atom is -0.480 e. The third-order valence-corrected chi connectivity index (χ3v) is 5.03. The Balaban J connectivity index is 3.25. The van der Waals surface area contributed by atoms with Gasteiger partial charge in [-0.1, -0.05) is 12.1 Å². The van der Waals surface area contributed by atoms with Crippen LogP contribution in [0.25, 0.3) is 0 Å². The van der Waals surface area contributed by atoms with Gasteiger partial charge in [-0.25, -0.2) is 8.42 Å². The van der Waals surface area contributed by atoms with E-state index < -0.39 is 49.7 Å². The van der Waals surface area contributed by atoms with Crippen LogP contribution in [-0.2, 0) is 19.6 Å². The maximum absolute atomic E-state index is 12.6. The van der Waals surface area contributed by atoms with Crippen LogP contribution >= 0.6 is 0 Å². The van der Waals surface area contributed by atoms with E-state index >= 15 is 0 Å². The van der Waals surface area contributed by atoms with E-state index in [9.17, 15) is 28.4 Å². The minimum atomic E-state index is -4.40. The lowest BCUT2D eigenvalue weighted by molar-refractivity contribution is -0.387. The second-order valence-corrected chi connectivity index (χ2v) is 7.99. The molecule has 0 aliphatic rings. The van der Waals surface area contributed by atoms with Crippen LogP contribution in [0.3, 0.4) is 0 Å². The zero-order valence-corrected chi connectivity index (χ0v) is 14.6. The first kappa shape index (κ1) is 20.0. The Kier molecular flexibility index (Phi) is 6.04. The average Bonchev–Trinajstić information content (AvgIpc) is 2.45. The van der Waals surface area contributed by atoms with Gasteiger partial charge in [-0.3, -0.25) is 14.9 Å². The molecule has 1 N–H and O–H groups in total. The lowest BCUT2D eigenvalue weighted by Crippen LogP contribution is -2.46. The quantitative estimate of drug-likeness (QED) is 0.576. The third kappa shape index (κ3) is 4.73. The van der Waals surface area contributed by atoms with Crippen LogP contribution in [0.1, 0.15) is 20.8 Å². The van der Waals surface area contributed by atoms with Crippen molar-refractivity contribution in [2.75, 3.05) is 13.7 Å². The predicted octanol–water partition coefficient (Wildman–Crippen LogP) is 1.48. The molecule has 0 radical (unpaired) electrons. The molecule has 0 saturated carbocycles. The van der Waals surface area contributed by atoms with Crippen LogP contribution in [0.2, 0.25) is 0 Å². The Morgan fingerprint density at radius 3 is 2.38 bits per heavy atom. The molecule has 0 aliphatic heterocycles. The van der Waals surface area contributed by atoms with Crippen molar-refractivity contribution in [1.29, 1.82) is 0 Å². The second-order valence-electron chi connectivity index (χ2n) is 6.02. The lowest BCUT2D eigenvalue weighted by Gasteiger charge is -2.27.